The molecule has 3 nitrogen and oxygen atoms in total. The van der Waals surface area contributed by atoms with Crippen LogP contribution in [-0.4, -0.2) is 18.1 Å². The van der Waals surface area contributed by atoms with Gasteiger partial charge in [-0.2, -0.15) is 0 Å². The number of carbonyl (C=O) groups excluding carboxylic acids is 1. The van der Waals surface area contributed by atoms with Crippen molar-refractivity contribution in [2.75, 3.05) is 7.11 Å². The van der Waals surface area contributed by atoms with E-state index in [0.29, 0.717) is 6.20 Å². The van der Waals surface area contributed by atoms with Crippen molar-refractivity contribution in [3.63, 3.8) is 0 Å². The van der Waals surface area contributed by atoms with E-state index in [2.05, 4.69) is 9.72 Å². The molecule has 0 unspecified atom stereocenters. The molecule has 0 radical (unpaired) electrons. The van der Waals surface area contributed by atoms with Crippen molar-refractivity contribution >= 4 is 28.6 Å². The Morgan fingerprint density at radius 2 is 2.25 bits per heavy atom. The monoisotopic (exact) mass is 345 g/mol. The van der Waals surface area contributed by atoms with E-state index >= 15 is 0 Å². The number of ether oxygens (including phenoxy) is 1. The van der Waals surface area contributed by atoms with Crippen LogP contribution in [0.5, 0.6) is 0 Å². The van der Waals surface area contributed by atoms with Crippen molar-refractivity contribution in [1.82, 2.24) is 4.98 Å². The molecular weight excluding hydrogens is 338 g/mol. The topological polar surface area (TPSA) is 39.2 Å². The summed E-state index contributed by atoms with van der Waals surface area (Å²) in [5.74, 6) is -1.83. The number of methoxy groups -OCH3 is 1. The van der Waals surface area contributed by atoms with Crippen LogP contribution in [0.2, 0.25) is 0 Å². The highest BCUT2D eigenvalue weighted by atomic mass is 127. The van der Waals surface area contributed by atoms with Crippen molar-refractivity contribution in [1.29, 1.82) is 0 Å². The fourth-order valence-corrected chi connectivity index (χ4v) is 1.76. The first-order valence-corrected chi connectivity index (χ1v) is 5.23. The number of aromatic nitrogens is 1. The van der Waals surface area contributed by atoms with E-state index < -0.39 is 30.2 Å². The quantitative estimate of drug-likeness (QED) is 0.480. The van der Waals surface area contributed by atoms with Gasteiger partial charge in [-0.3, -0.25) is 4.79 Å². The van der Waals surface area contributed by atoms with E-state index in [9.17, 15) is 18.0 Å². The number of pyridine rings is 1. The fraction of sp³-hybridized carbons (Fsp3) is 0.333. The minimum atomic E-state index is -2.99. The van der Waals surface area contributed by atoms with Gasteiger partial charge in [0, 0.05) is 5.56 Å². The Balaban J connectivity index is 3.23. The third-order valence-electron chi connectivity index (χ3n) is 1.89. The standard InChI is InChI=1S/C9H7F3INO2/c1-16-6(15)2-4-7(8(11)12)5(10)3-14-9(4)13/h3,8H,2H2,1H3. The van der Waals surface area contributed by atoms with Gasteiger partial charge in [-0.15, -0.1) is 0 Å². The molecule has 1 aromatic heterocycles. The van der Waals surface area contributed by atoms with Crippen LogP contribution in [0.1, 0.15) is 17.6 Å². The Morgan fingerprint density at radius 1 is 1.62 bits per heavy atom. The summed E-state index contributed by atoms with van der Waals surface area (Å²) in [6, 6.07) is 0. The largest absolute Gasteiger partial charge is 0.469 e. The lowest BCUT2D eigenvalue weighted by atomic mass is 10.1. The first-order valence-electron chi connectivity index (χ1n) is 4.15. The molecule has 0 fully saturated rings. The van der Waals surface area contributed by atoms with E-state index in [4.69, 9.17) is 0 Å². The van der Waals surface area contributed by atoms with E-state index in [1.165, 1.54) is 0 Å². The predicted octanol–water partition coefficient (Wildman–Crippen LogP) is 2.48. The number of nitrogens with zero attached hydrogens (tertiary/aromatic N) is 1. The SMILES string of the molecule is COC(=O)Cc1c(I)ncc(F)c1C(F)F. The number of rotatable bonds is 3. The first-order chi connectivity index (χ1) is 7.47. The maximum atomic E-state index is 13.1. The minimum absolute atomic E-state index is 0.123. The maximum Gasteiger partial charge on any atom is 0.310 e. The van der Waals surface area contributed by atoms with Crippen LogP contribution in [0.15, 0.2) is 6.20 Å². The van der Waals surface area contributed by atoms with Crippen molar-refractivity contribution in [3.05, 3.63) is 26.8 Å². The summed E-state index contributed by atoms with van der Waals surface area (Å²) in [5.41, 5.74) is -0.910. The second-order valence-corrected chi connectivity index (χ2v) is 3.86. The van der Waals surface area contributed by atoms with Gasteiger partial charge in [0.05, 0.1) is 25.3 Å². The Kier molecular flexibility index (Phi) is 4.51. The van der Waals surface area contributed by atoms with Crippen LogP contribution in [0.25, 0.3) is 0 Å². The van der Waals surface area contributed by atoms with Gasteiger partial charge in [0.15, 0.2) is 5.82 Å². The number of hydrogen-bond donors (Lipinski definition) is 0. The number of esters is 1. The van der Waals surface area contributed by atoms with Gasteiger partial charge >= 0.3 is 5.97 Å². The molecule has 0 aliphatic heterocycles. The molecule has 1 rings (SSSR count). The van der Waals surface area contributed by atoms with Gasteiger partial charge in [-0.25, -0.2) is 18.2 Å². The summed E-state index contributed by atoms with van der Waals surface area (Å²) < 4.78 is 42.8. The molecule has 0 aliphatic carbocycles. The van der Waals surface area contributed by atoms with Crippen molar-refractivity contribution < 1.29 is 22.7 Å². The number of hydrogen-bond acceptors (Lipinski definition) is 3. The lowest BCUT2D eigenvalue weighted by Gasteiger charge is -2.10. The zero-order valence-electron chi connectivity index (χ0n) is 8.14. The van der Waals surface area contributed by atoms with Crippen LogP contribution in [-0.2, 0) is 16.0 Å². The third kappa shape index (κ3) is 2.83. The maximum absolute atomic E-state index is 13.1. The van der Waals surface area contributed by atoms with E-state index in [1.54, 1.807) is 22.6 Å². The Morgan fingerprint density at radius 3 is 2.75 bits per heavy atom. The Labute approximate surface area is 103 Å². The van der Waals surface area contributed by atoms with Gasteiger partial charge in [-0.1, -0.05) is 0 Å². The molecule has 0 saturated carbocycles. The predicted molar refractivity (Wildman–Crippen MR) is 57.6 cm³/mol. The average molecular weight is 345 g/mol. The molecule has 0 amide bonds. The molecule has 0 saturated heterocycles. The van der Waals surface area contributed by atoms with Crippen LogP contribution in [0, 0.1) is 9.52 Å². The van der Waals surface area contributed by atoms with Gasteiger partial charge in [-0.05, 0) is 22.6 Å². The van der Waals surface area contributed by atoms with E-state index in [1.807, 2.05) is 0 Å². The molecule has 0 N–H and O–H groups in total. The minimum Gasteiger partial charge on any atom is -0.469 e. The summed E-state index contributed by atoms with van der Waals surface area (Å²) in [6.07, 6.45) is -2.69. The molecular formula is C9H7F3INO2. The number of carbonyl (C=O) groups is 1. The third-order valence-corrected chi connectivity index (χ3v) is 2.82. The van der Waals surface area contributed by atoms with E-state index in [0.717, 1.165) is 7.11 Å². The molecule has 7 heteroatoms. The van der Waals surface area contributed by atoms with Gasteiger partial charge in [0.25, 0.3) is 6.43 Å². The smallest absolute Gasteiger partial charge is 0.310 e. The van der Waals surface area contributed by atoms with Crippen LogP contribution in [0.3, 0.4) is 0 Å². The molecule has 0 spiro atoms. The van der Waals surface area contributed by atoms with Crippen molar-refractivity contribution in [2.24, 2.45) is 0 Å². The lowest BCUT2D eigenvalue weighted by Crippen LogP contribution is -2.11. The highest BCUT2D eigenvalue weighted by molar-refractivity contribution is 14.1. The summed E-state index contributed by atoms with van der Waals surface area (Å²) >= 11 is 1.67. The molecule has 1 aromatic rings. The van der Waals surface area contributed by atoms with Crippen molar-refractivity contribution in [3.8, 4) is 0 Å². The first kappa shape index (κ1) is 13.2. The average Bonchev–Trinajstić information content (AvgIpc) is 2.22. The zero-order chi connectivity index (χ0) is 12.3. The molecule has 16 heavy (non-hydrogen) atoms. The number of halogens is 4. The molecule has 0 aliphatic rings. The molecule has 1 heterocycles. The van der Waals surface area contributed by atoms with Crippen LogP contribution < -0.4 is 0 Å². The highest BCUT2D eigenvalue weighted by Gasteiger charge is 2.23. The highest BCUT2D eigenvalue weighted by Crippen LogP contribution is 2.28. The molecule has 0 atom stereocenters. The molecule has 0 aromatic carbocycles. The molecule has 0 bridgehead atoms. The number of alkyl halides is 2. The molecule has 88 valence electrons. The normalized spacial score (nSPS) is 10.6. The zero-order valence-corrected chi connectivity index (χ0v) is 10.3. The van der Waals surface area contributed by atoms with Crippen LogP contribution in [0.4, 0.5) is 13.2 Å². The van der Waals surface area contributed by atoms with Gasteiger partial charge < -0.3 is 4.74 Å². The summed E-state index contributed by atoms with van der Waals surface area (Å²) in [7, 11) is 1.13. The second kappa shape index (κ2) is 5.46. The summed E-state index contributed by atoms with van der Waals surface area (Å²) in [4.78, 5) is 14.6. The van der Waals surface area contributed by atoms with Crippen molar-refractivity contribution in [2.45, 2.75) is 12.8 Å². The Hall–Kier alpha value is -0.860. The Bertz CT molecular complexity index is 412. The van der Waals surface area contributed by atoms with Gasteiger partial charge in [0.2, 0.25) is 0 Å². The fourth-order valence-electron chi connectivity index (χ4n) is 1.14. The lowest BCUT2D eigenvalue weighted by molar-refractivity contribution is -0.139. The summed E-state index contributed by atoms with van der Waals surface area (Å²) in [6.45, 7) is 0. The summed E-state index contributed by atoms with van der Waals surface area (Å²) in [5, 5.41) is 0. The second-order valence-electron chi connectivity index (χ2n) is 2.84. The van der Waals surface area contributed by atoms with E-state index in [-0.39, 0.29) is 9.26 Å². The van der Waals surface area contributed by atoms with Gasteiger partial charge in [0.1, 0.15) is 3.70 Å². The van der Waals surface area contributed by atoms with Crippen LogP contribution >= 0.6 is 22.6 Å².